The number of hydrogen-bond donors (Lipinski definition) is 3. The SMILES string of the molecule is C=CCSCCNCc1cc(/C(N)=N/O)ccc1OC. The van der Waals surface area contributed by atoms with E-state index in [0.29, 0.717) is 12.1 Å². The zero-order valence-corrected chi connectivity index (χ0v) is 12.4. The minimum atomic E-state index is 0.0930. The number of ether oxygens (including phenoxy) is 1. The molecule has 0 saturated heterocycles. The molecule has 0 amide bonds. The van der Waals surface area contributed by atoms with E-state index in [-0.39, 0.29) is 5.84 Å². The van der Waals surface area contributed by atoms with Crippen molar-refractivity contribution in [3.63, 3.8) is 0 Å². The lowest BCUT2D eigenvalue weighted by atomic mass is 10.1. The van der Waals surface area contributed by atoms with Gasteiger partial charge in [0.15, 0.2) is 5.84 Å². The average Bonchev–Trinajstić information content (AvgIpc) is 2.49. The Hall–Kier alpha value is -1.66. The van der Waals surface area contributed by atoms with Gasteiger partial charge in [-0.1, -0.05) is 11.2 Å². The molecule has 4 N–H and O–H groups in total. The molecule has 0 bridgehead atoms. The molecular formula is C14H21N3O2S. The first-order valence-electron chi connectivity index (χ1n) is 6.27. The minimum Gasteiger partial charge on any atom is -0.496 e. The van der Waals surface area contributed by atoms with Gasteiger partial charge >= 0.3 is 0 Å². The molecule has 1 aromatic carbocycles. The maximum absolute atomic E-state index is 8.71. The fraction of sp³-hybridized carbons (Fsp3) is 0.357. The average molecular weight is 295 g/mol. The van der Waals surface area contributed by atoms with Gasteiger partial charge in [0, 0.05) is 35.7 Å². The lowest BCUT2D eigenvalue weighted by molar-refractivity contribution is 0.318. The molecule has 6 heteroatoms. The fourth-order valence-electron chi connectivity index (χ4n) is 1.67. The Labute approximate surface area is 123 Å². The van der Waals surface area contributed by atoms with Crippen molar-refractivity contribution in [2.45, 2.75) is 6.54 Å². The van der Waals surface area contributed by atoms with E-state index in [1.165, 1.54) is 0 Å². The Balaban J connectivity index is 2.60. The molecule has 0 unspecified atom stereocenters. The van der Waals surface area contributed by atoms with E-state index in [1.54, 1.807) is 13.2 Å². The van der Waals surface area contributed by atoms with E-state index >= 15 is 0 Å². The summed E-state index contributed by atoms with van der Waals surface area (Å²) in [5.41, 5.74) is 7.24. The van der Waals surface area contributed by atoms with Crippen LogP contribution in [0, 0.1) is 0 Å². The number of thioether (sulfide) groups is 1. The monoisotopic (exact) mass is 295 g/mol. The second kappa shape index (κ2) is 9.28. The lowest BCUT2D eigenvalue weighted by Crippen LogP contribution is -2.18. The molecular weight excluding hydrogens is 274 g/mol. The van der Waals surface area contributed by atoms with Crippen molar-refractivity contribution >= 4 is 17.6 Å². The van der Waals surface area contributed by atoms with Crippen LogP contribution in [0.15, 0.2) is 36.0 Å². The number of rotatable bonds is 9. The third-order valence-corrected chi connectivity index (χ3v) is 3.62. The maximum Gasteiger partial charge on any atom is 0.170 e. The molecule has 0 fully saturated rings. The number of nitrogens with two attached hydrogens (primary N) is 1. The molecule has 5 nitrogen and oxygen atoms in total. The minimum absolute atomic E-state index is 0.0930. The highest BCUT2D eigenvalue weighted by Gasteiger charge is 2.06. The second-order valence-corrected chi connectivity index (χ2v) is 5.20. The van der Waals surface area contributed by atoms with E-state index in [4.69, 9.17) is 15.7 Å². The molecule has 1 rings (SSSR count). The highest BCUT2D eigenvalue weighted by Crippen LogP contribution is 2.19. The van der Waals surface area contributed by atoms with Gasteiger partial charge in [-0.15, -0.1) is 6.58 Å². The summed E-state index contributed by atoms with van der Waals surface area (Å²) in [7, 11) is 1.63. The number of nitrogens with zero attached hydrogens (tertiary/aromatic N) is 1. The zero-order chi connectivity index (χ0) is 14.8. The molecule has 0 saturated carbocycles. The molecule has 0 aliphatic heterocycles. The largest absolute Gasteiger partial charge is 0.496 e. The molecule has 0 aliphatic carbocycles. The Bertz CT molecular complexity index is 464. The van der Waals surface area contributed by atoms with Crippen LogP contribution in [0.5, 0.6) is 5.75 Å². The van der Waals surface area contributed by atoms with Crippen LogP contribution in [0.3, 0.4) is 0 Å². The summed E-state index contributed by atoms with van der Waals surface area (Å²) >= 11 is 1.83. The van der Waals surface area contributed by atoms with Crippen LogP contribution in [-0.2, 0) is 6.54 Å². The van der Waals surface area contributed by atoms with Crippen LogP contribution >= 0.6 is 11.8 Å². The van der Waals surface area contributed by atoms with Crippen molar-refractivity contribution < 1.29 is 9.94 Å². The zero-order valence-electron chi connectivity index (χ0n) is 11.6. The number of benzene rings is 1. The van der Waals surface area contributed by atoms with E-state index in [1.807, 2.05) is 30.0 Å². The van der Waals surface area contributed by atoms with Crippen molar-refractivity contribution in [2.24, 2.45) is 10.9 Å². The smallest absolute Gasteiger partial charge is 0.170 e. The molecule has 0 aliphatic rings. The molecule has 0 radical (unpaired) electrons. The summed E-state index contributed by atoms with van der Waals surface area (Å²) in [6.45, 7) is 5.25. The molecule has 0 heterocycles. The van der Waals surface area contributed by atoms with Gasteiger partial charge in [0.2, 0.25) is 0 Å². The van der Waals surface area contributed by atoms with Crippen molar-refractivity contribution in [3.05, 3.63) is 42.0 Å². The standard InChI is InChI=1S/C14H21N3O2S/c1-3-7-20-8-6-16-10-12-9-11(14(15)17-18)4-5-13(12)19-2/h3-5,9,16,18H,1,6-8,10H2,2H3,(H2,15,17). The van der Waals surface area contributed by atoms with E-state index in [0.717, 1.165) is 29.4 Å². The Kier molecular flexibility index (Phi) is 7.60. The highest BCUT2D eigenvalue weighted by molar-refractivity contribution is 7.99. The molecule has 110 valence electrons. The van der Waals surface area contributed by atoms with Gasteiger partial charge in [0.05, 0.1) is 7.11 Å². The van der Waals surface area contributed by atoms with Gasteiger partial charge in [-0.2, -0.15) is 11.8 Å². The first-order valence-corrected chi connectivity index (χ1v) is 7.42. The van der Waals surface area contributed by atoms with Crippen molar-refractivity contribution in [1.82, 2.24) is 5.32 Å². The molecule has 0 aromatic heterocycles. The van der Waals surface area contributed by atoms with Gasteiger partial charge in [-0.05, 0) is 18.2 Å². The lowest BCUT2D eigenvalue weighted by Gasteiger charge is -2.11. The number of methoxy groups -OCH3 is 1. The van der Waals surface area contributed by atoms with Crippen molar-refractivity contribution in [2.75, 3.05) is 25.2 Å². The summed E-state index contributed by atoms with van der Waals surface area (Å²) in [5.74, 6) is 2.86. The van der Waals surface area contributed by atoms with E-state index < -0.39 is 0 Å². The Morgan fingerprint density at radius 1 is 1.60 bits per heavy atom. The normalized spacial score (nSPS) is 11.3. The van der Waals surface area contributed by atoms with Gasteiger partial charge in [-0.3, -0.25) is 0 Å². The third kappa shape index (κ3) is 5.14. The maximum atomic E-state index is 8.71. The number of hydrogen-bond acceptors (Lipinski definition) is 5. The van der Waals surface area contributed by atoms with Gasteiger partial charge in [-0.25, -0.2) is 0 Å². The predicted molar refractivity (Wildman–Crippen MR) is 84.7 cm³/mol. The molecule has 0 spiro atoms. The Morgan fingerprint density at radius 3 is 3.05 bits per heavy atom. The number of oxime groups is 1. The Morgan fingerprint density at radius 2 is 2.40 bits per heavy atom. The van der Waals surface area contributed by atoms with Crippen LogP contribution < -0.4 is 15.8 Å². The summed E-state index contributed by atoms with van der Waals surface area (Å²) in [5, 5.41) is 15.1. The summed E-state index contributed by atoms with van der Waals surface area (Å²) in [6.07, 6.45) is 1.90. The highest BCUT2D eigenvalue weighted by atomic mass is 32.2. The first kappa shape index (κ1) is 16.4. The van der Waals surface area contributed by atoms with E-state index in [2.05, 4.69) is 17.1 Å². The third-order valence-electron chi connectivity index (χ3n) is 2.66. The first-order chi connectivity index (χ1) is 9.72. The van der Waals surface area contributed by atoms with Gasteiger partial charge in [0.25, 0.3) is 0 Å². The van der Waals surface area contributed by atoms with Gasteiger partial charge in [0.1, 0.15) is 5.75 Å². The van der Waals surface area contributed by atoms with Crippen molar-refractivity contribution in [3.8, 4) is 5.75 Å². The fourth-order valence-corrected chi connectivity index (χ4v) is 2.29. The molecule has 20 heavy (non-hydrogen) atoms. The van der Waals surface area contributed by atoms with Crippen LogP contribution in [0.25, 0.3) is 0 Å². The number of nitrogens with one attached hydrogen (secondary N) is 1. The number of amidine groups is 1. The van der Waals surface area contributed by atoms with Gasteiger partial charge < -0.3 is 21.0 Å². The van der Waals surface area contributed by atoms with Crippen molar-refractivity contribution in [1.29, 1.82) is 0 Å². The van der Waals surface area contributed by atoms with Crippen LogP contribution in [0.4, 0.5) is 0 Å². The van der Waals surface area contributed by atoms with Crippen LogP contribution in [0.2, 0.25) is 0 Å². The van der Waals surface area contributed by atoms with Crippen LogP contribution in [0.1, 0.15) is 11.1 Å². The topological polar surface area (TPSA) is 79.9 Å². The predicted octanol–water partition coefficient (Wildman–Crippen LogP) is 1.80. The quantitative estimate of drug-likeness (QED) is 0.162. The molecule has 1 aromatic rings. The summed E-state index contributed by atoms with van der Waals surface area (Å²) in [4.78, 5) is 0. The van der Waals surface area contributed by atoms with E-state index in [9.17, 15) is 0 Å². The summed E-state index contributed by atoms with van der Waals surface area (Å²) < 4.78 is 5.31. The summed E-state index contributed by atoms with van der Waals surface area (Å²) in [6, 6.07) is 5.44. The second-order valence-electron chi connectivity index (χ2n) is 4.05. The van der Waals surface area contributed by atoms with Crippen LogP contribution in [-0.4, -0.2) is 36.2 Å². The molecule has 0 atom stereocenters.